The smallest absolute Gasteiger partial charge is 0.207 e. The molecule has 1 N–H and O–H groups in total. The number of aryl methyl sites for hydroxylation is 2. The van der Waals surface area contributed by atoms with Gasteiger partial charge in [0.2, 0.25) is 6.41 Å². The molecule has 3 aromatic rings. The van der Waals surface area contributed by atoms with E-state index < -0.39 is 0 Å². The predicted molar refractivity (Wildman–Crippen MR) is 103 cm³/mol. The van der Waals surface area contributed by atoms with Crippen LogP contribution >= 0.6 is 0 Å². The van der Waals surface area contributed by atoms with E-state index in [9.17, 15) is 4.79 Å². The molecule has 1 amide bonds. The lowest BCUT2D eigenvalue weighted by Gasteiger charge is -2.10. The van der Waals surface area contributed by atoms with Crippen molar-refractivity contribution in [2.75, 3.05) is 13.2 Å². The molecule has 2 aromatic carbocycles. The highest BCUT2D eigenvalue weighted by molar-refractivity contribution is 5.75. The van der Waals surface area contributed by atoms with E-state index in [1.807, 2.05) is 36.4 Å². The molecule has 26 heavy (non-hydrogen) atoms. The molecule has 0 saturated heterocycles. The maximum Gasteiger partial charge on any atom is 0.207 e. The maximum atomic E-state index is 10.4. The first-order valence-corrected chi connectivity index (χ1v) is 9.17. The lowest BCUT2D eigenvalue weighted by molar-refractivity contribution is -0.109. The van der Waals surface area contributed by atoms with Crippen molar-refractivity contribution in [2.24, 2.45) is 0 Å². The van der Waals surface area contributed by atoms with Gasteiger partial charge in [0.1, 0.15) is 11.6 Å². The van der Waals surface area contributed by atoms with Crippen molar-refractivity contribution >= 4 is 17.4 Å². The fourth-order valence-electron chi connectivity index (χ4n) is 3.05. The first kappa shape index (κ1) is 18.0. The molecule has 0 aliphatic rings. The lowest BCUT2D eigenvalue weighted by Crippen LogP contribution is -2.14. The molecule has 0 bridgehead atoms. The highest BCUT2D eigenvalue weighted by atomic mass is 16.5. The molecule has 0 unspecified atom stereocenters. The van der Waals surface area contributed by atoms with Gasteiger partial charge in [-0.15, -0.1) is 0 Å². The Bertz CT molecular complexity index is 814. The SMILES string of the molecule is O=CNCCCc1nc2ccccc2n1CCCCOc1ccccc1. The van der Waals surface area contributed by atoms with Gasteiger partial charge in [0, 0.05) is 19.5 Å². The van der Waals surface area contributed by atoms with E-state index in [1.165, 1.54) is 5.52 Å². The number of ether oxygens (including phenoxy) is 1. The lowest BCUT2D eigenvalue weighted by atomic mass is 10.2. The Morgan fingerprint density at radius 1 is 1.00 bits per heavy atom. The Morgan fingerprint density at radius 3 is 2.65 bits per heavy atom. The Hall–Kier alpha value is -2.82. The standard InChI is InChI=1S/C21H25N3O2/c25-17-22-14-8-13-21-23-19-11-4-5-12-20(19)24(21)15-6-7-16-26-18-9-2-1-3-10-18/h1-5,9-12,17H,6-8,13-16H2,(H,22,25). The molecule has 0 saturated carbocycles. The van der Waals surface area contributed by atoms with Gasteiger partial charge in [-0.25, -0.2) is 4.98 Å². The summed E-state index contributed by atoms with van der Waals surface area (Å²) in [5.74, 6) is 2.01. The van der Waals surface area contributed by atoms with Crippen LogP contribution in [0.15, 0.2) is 54.6 Å². The van der Waals surface area contributed by atoms with Gasteiger partial charge in [-0.1, -0.05) is 30.3 Å². The van der Waals surface area contributed by atoms with Crippen LogP contribution in [0, 0.1) is 0 Å². The van der Waals surface area contributed by atoms with Crippen LogP contribution in [0.4, 0.5) is 0 Å². The van der Waals surface area contributed by atoms with Crippen molar-refractivity contribution in [3.63, 3.8) is 0 Å². The second kappa shape index (κ2) is 9.61. The van der Waals surface area contributed by atoms with Gasteiger partial charge in [-0.05, 0) is 43.5 Å². The van der Waals surface area contributed by atoms with Crippen molar-refractivity contribution in [3.8, 4) is 5.75 Å². The topological polar surface area (TPSA) is 56.2 Å². The number of carbonyl (C=O) groups is 1. The Balaban J connectivity index is 1.55. The number of hydrogen-bond donors (Lipinski definition) is 1. The number of nitrogens with zero attached hydrogens (tertiary/aromatic N) is 2. The molecule has 1 aromatic heterocycles. The van der Waals surface area contributed by atoms with Crippen LogP contribution < -0.4 is 10.1 Å². The van der Waals surface area contributed by atoms with Crippen LogP contribution in [-0.2, 0) is 17.8 Å². The monoisotopic (exact) mass is 351 g/mol. The summed E-state index contributed by atoms with van der Waals surface area (Å²) in [5, 5.41) is 2.71. The summed E-state index contributed by atoms with van der Waals surface area (Å²) in [5.41, 5.74) is 2.21. The van der Waals surface area contributed by atoms with Gasteiger partial charge >= 0.3 is 0 Å². The molecule has 5 heteroatoms. The molecule has 3 rings (SSSR count). The van der Waals surface area contributed by atoms with Gasteiger partial charge in [0.25, 0.3) is 0 Å². The minimum atomic E-state index is 0.678. The summed E-state index contributed by atoms with van der Waals surface area (Å²) in [6.07, 6.45) is 4.52. The van der Waals surface area contributed by atoms with E-state index in [2.05, 4.69) is 28.1 Å². The van der Waals surface area contributed by atoms with Crippen LogP contribution in [0.5, 0.6) is 5.75 Å². The number of rotatable bonds is 11. The van der Waals surface area contributed by atoms with Gasteiger partial charge in [-0.2, -0.15) is 0 Å². The number of benzene rings is 2. The number of amides is 1. The zero-order chi connectivity index (χ0) is 18.0. The van der Waals surface area contributed by atoms with Crippen LogP contribution in [0.25, 0.3) is 11.0 Å². The van der Waals surface area contributed by atoms with E-state index >= 15 is 0 Å². The molecular weight excluding hydrogens is 326 g/mol. The zero-order valence-corrected chi connectivity index (χ0v) is 14.9. The van der Waals surface area contributed by atoms with Crippen LogP contribution in [0.3, 0.4) is 0 Å². The number of hydrogen-bond acceptors (Lipinski definition) is 3. The van der Waals surface area contributed by atoms with Gasteiger partial charge in [-0.3, -0.25) is 4.79 Å². The molecule has 1 heterocycles. The summed E-state index contributed by atoms with van der Waals surface area (Å²) in [7, 11) is 0. The summed E-state index contributed by atoms with van der Waals surface area (Å²) < 4.78 is 8.07. The highest BCUT2D eigenvalue weighted by Gasteiger charge is 2.09. The second-order valence-electron chi connectivity index (χ2n) is 6.21. The van der Waals surface area contributed by atoms with E-state index in [4.69, 9.17) is 9.72 Å². The molecule has 0 fully saturated rings. The molecule has 0 aliphatic heterocycles. The molecule has 5 nitrogen and oxygen atoms in total. The number of para-hydroxylation sites is 3. The van der Waals surface area contributed by atoms with E-state index in [-0.39, 0.29) is 0 Å². The number of aromatic nitrogens is 2. The number of nitrogens with one attached hydrogen (secondary N) is 1. The molecular formula is C21H25N3O2. The number of carbonyl (C=O) groups excluding carboxylic acids is 1. The zero-order valence-electron chi connectivity index (χ0n) is 14.9. The Kier molecular flexibility index (Phi) is 6.65. The average Bonchev–Trinajstić information content (AvgIpc) is 3.03. The average molecular weight is 351 g/mol. The van der Waals surface area contributed by atoms with Crippen LogP contribution in [0.2, 0.25) is 0 Å². The fraction of sp³-hybridized carbons (Fsp3) is 0.333. The van der Waals surface area contributed by atoms with Crippen molar-refractivity contribution in [3.05, 3.63) is 60.4 Å². The Labute approximate surface area is 154 Å². The third-order valence-corrected chi connectivity index (χ3v) is 4.33. The number of imidazole rings is 1. The summed E-state index contributed by atoms with van der Waals surface area (Å²) in [6, 6.07) is 18.2. The second-order valence-corrected chi connectivity index (χ2v) is 6.21. The highest BCUT2D eigenvalue weighted by Crippen LogP contribution is 2.18. The van der Waals surface area contributed by atoms with Crippen molar-refractivity contribution < 1.29 is 9.53 Å². The largest absolute Gasteiger partial charge is 0.494 e. The molecule has 0 atom stereocenters. The molecule has 0 spiro atoms. The molecule has 0 aliphatic carbocycles. The van der Waals surface area contributed by atoms with Crippen LogP contribution in [-0.4, -0.2) is 29.1 Å². The van der Waals surface area contributed by atoms with Gasteiger partial charge in [0.05, 0.1) is 17.6 Å². The summed E-state index contributed by atoms with van der Waals surface area (Å²) >= 11 is 0. The third kappa shape index (κ3) is 4.85. The van der Waals surface area contributed by atoms with Crippen molar-refractivity contribution in [1.29, 1.82) is 0 Å². The fourth-order valence-corrected chi connectivity index (χ4v) is 3.05. The van der Waals surface area contributed by atoms with Crippen molar-refractivity contribution in [1.82, 2.24) is 14.9 Å². The summed E-state index contributed by atoms with van der Waals surface area (Å²) in [6.45, 7) is 2.32. The molecule has 0 radical (unpaired) electrons. The number of unbranched alkanes of at least 4 members (excludes halogenated alkanes) is 1. The third-order valence-electron chi connectivity index (χ3n) is 4.33. The Morgan fingerprint density at radius 2 is 1.81 bits per heavy atom. The van der Waals surface area contributed by atoms with E-state index in [0.29, 0.717) is 6.54 Å². The first-order chi connectivity index (χ1) is 12.9. The van der Waals surface area contributed by atoms with Crippen molar-refractivity contribution in [2.45, 2.75) is 32.2 Å². The van der Waals surface area contributed by atoms with E-state index in [1.54, 1.807) is 0 Å². The van der Waals surface area contributed by atoms with E-state index in [0.717, 1.165) is 62.3 Å². The maximum absolute atomic E-state index is 10.4. The van der Waals surface area contributed by atoms with Gasteiger partial charge < -0.3 is 14.6 Å². The first-order valence-electron chi connectivity index (χ1n) is 9.17. The predicted octanol–water partition coefficient (Wildman–Crippen LogP) is 3.57. The minimum Gasteiger partial charge on any atom is -0.494 e. The van der Waals surface area contributed by atoms with Gasteiger partial charge in [0.15, 0.2) is 0 Å². The molecule has 136 valence electrons. The van der Waals surface area contributed by atoms with Crippen LogP contribution in [0.1, 0.15) is 25.1 Å². The normalized spacial score (nSPS) is 10.8. The quantitative estimate of drug-likeness (QED) is 0.424. The summed E-state index contributed by atoms with van der Waals surface area (Å²) in [4.78, 5) is 15.2. The number of fused-ring (bicyclic) bond motifs is 1. The minimum absolute atomic E-state index is 0.678.